The van der Waals surface area contributed by atoms with E-state index in [0.717, 1.165) is 35.0 Å². The molecule has 1 fully saturated rings. The number of para-hydroxylation sites is 1. The molecule has 3 aromatic rings. The van der Waals surface area contributed by atoms with Crippen molar-refractivity contribution in [2.45, 2.75) is 25.6 Å². The zero-order valence-corrected chi connectivity index (χ0v) is 22.3. The third-order valence-electron chi connectivity index (χ3n) is 6.44. The van der Waals surface area contributed by atoms with Crippen molar-refractivity contribution < 1.29 is 22.8 Å². The molecule has 1 unspecified atom stereocenters. The van der Waals surface area contributed by atoms with Crippen molar-refractivity contribution in [1.29, 1.82) is 0 Å². The van der Waals surface area contributed by atoms with E-state index in [1.807, 2.05) is 43.3 Å². The number of allylic oxidation sites excluding steroid dienone is 1. The van der Waals surface area contributed by atoms with Gasteiger partial charge in [0, 0.05) is 29.4 Å². The van der Waals surface area contributed by atoms with E-state index in [1.54, 1.807) is 30.0 Å². The lowest BCUT2D eigenvalue weighted by atomic mass is 9.93. The number of benzene rings is 3. The van der Waals surface area contributed by atoms with Crippen molar-refractivity contribution in [3.63, 3.8) is 0 Å². The van der Waals surface area contributed by atoms with Crippen molar-refractivity contribution >= 4 is 45.9 Å². The molecule has 0 spiro atoms. The summed E-state index contributed by atoms with van der Waals surface area (Å²) >= 11 is 1.64. The van der Waals surface area contributed by atoms with E-state index in [4.69, 9.17) is 4.99 Å². The van der Waals surface area contributed by atoms with Gasteiger partial charge in [0.1, 0.15) is 0 Å². The van der Waals surface area contributed by atoms with E-state index in [-0.39, 0.29) is 11.6 Å². The summed E-state index contributed by atoms with van der Waals surface area (Å²) in [6.07, 6.45) is -3.60. The average molecular weight is 566 g/mol. The first-order valence-corrected chi connectivity index (χ1v) is 13.6. The summed E-state index contributed by atoms with van der Waals surface area (Å²) in [6, 6.07) is 19.5. The maximum Gasteiger partial charge on any atom is 0.416 e. The summed E-state index contributed by atoms with van der Waals surface area (Å²) in [5.41, 5.74) is 2.13. The molecule has 3 N–H and O–H groups in total. The first kappa shape index (κ1) is 27.3. The molecule has 40 heavy (non-hydrogen) atoms. The molecule has 7 nitrogen and oxygen atoms in total. The van der Waals surface area contributed by atoms with Crippen molar-refractivity contribution in [1.82, 2.24) is 4.90 Å². The number of alkyl halides is 3. The standard InChI is InChI=1S/C29H26F3N5O2S/c1-18-24(26(38)34-21-10-3-2-4-11-21)25(37-14-7-15-40-28(37)33-18)19-8-5-12-22(16-19)35-27(39)36-23-13-6-9-20(17-23)29(30,31)32/h2-6,8-13,16-17,25H,7,14-15H2,1H3,(H,34,38)(H2,35,36,39). The van der Waals surface area contributed by atoms with Crippen molar-refractivity contribution in [2.24, 2.45) is 4.99 Å². The van der Waals surface area contributed by atoms with Crippen LogP contribution in [0.25, 0.3) is 0 Å². The van der Waals surface area contributed by atoms with E-state index in [1.165, 1.54) is 12.1 Å². The second-order valence-electron chi connectivity index (χ2n) is 9.29. The zero-order valence-electron chi connectivity index (χ0n) is 21.5. The number of aliphatic imine (C=N–C) groups is 1. The minimum Gasteiger partial charge on any atom is -0.340 e. The van der Waals surface area contributed by atoms with Gasteiger partial charge in [-0.3, -0.25) is 4.79 Å². The molecule has 2 aliphatic rings. The van der Waals surface area contributed by atoms with Crippen molar-refractivity contribution in [3.8, 4) is 0 Å². The molecular weight excluding hydrogens is 539 g/mol. The molecule has 1 saturated heterocycles. The van der Waals surface area contributed by atoms with Gasteiger partial charge in [-0.1, -0.05) is 48.2 Å². The molecule has 0 aromatic heterocycles. The van der Waals surface area contributed by atoms with E-state index in [2.05, 4.69) is 20.9 Å². The number of amides is 3. The molecule has 3 amide bonds. The fourth-order valence-electron chi connectivity index (χ4n) is 4.68. The van der Waals surface area contributed by atoms with Crippen LogP contribution in [0.1, 0.15) is 30.5 Å². The quantitative estimate of drug-likeness (QED) is 0.308. The van der Waals surface area contributed by atoms with E-state index in [0.29, 0.717) is 29.2 Å². The number of carbonyl (C=O) groups is 2. The minimum absolute atomic E-state index is 0.0142. The summed E-state index contributed by atoms with van der Waals surface area (Å²) in [6.45, 7) is 2.52. The zero-order chi connectivity index (χ0) is 28.3. The number of amidine groups is 1. The number of hydrogen-bond acceptors (Lipinski definition) is 5. The van der Waals surface area contributed by atoms with Crippen LogP contribution in [-0.4, -0.2) is 34.3 Å². The molecule has 206 valence electrons. The Kier molecular flexibility index (Phi) is 7.83. The molecule has 1 atom stereocenters. The first-order chi connectivity index (χ1) is 19.2. The van der Waals surface area contributed by atoms with Gasteiger partial charge in [0.15, 0.2) is 5.17 Å². The largest absolute Gasteiger partial charge is 0.416 e. The molecule has 5 rings (SSSR count). The van der Waals surface area contributed by atoms with Gasteiger partial charge in [0.05, 0.1) is 22.9 Å². The Morgan fingerprint density at radius 3 is 2.30 bits per heavy atom. The minimum atomic E-state index is -4.52. The smallest absolute Gasteiger partial charge is 0.340 e. The summed E-state index contributed by atoms with van der Waals surface area (Å²) < 4.78 is 39.2. The lowest BCUT2D eigenvalue weighted by molar-refractivity contribution is -0.137. The number of urea groups is 1. The van der Waals surface area contributed by atoms with E-state index < -0.39 is 23.8 Å². The highest BCUT2D eigenvalue weighted by atomic mass is 32.2. The van der Waals surface area contributed by atoms with Crippen LogP contribution in [0.4, 0.5) is 35.0 Å². The third-order valence-corrected chi connectivity index (χ3v) is 7.52. The fourth-order valence-corrected chi connectivity index (χ4v) is 5.70. The highest BCUT2D eigenvalue weighted by Crippen LogP contribution is 2.40. The van der Waals surface area contributed by atoms with Crippen molar-refractivity contribution in [3.05, 3.63) is 101 Å². The van der Waals surface area contributed by atoms with Crippen LogP contribution in [0.3, 0.4) is 0 Å². The topological polar surface area (TPSA) is 85.8 Å². The van der Waals surface area contributed by atoms with Gasteiger partial charge in [-0.05, 0) is 61.4 Å². The molecule has 0 aliphatic carbocycles. The molecular formula is C29H26F3N5O2S. The third kappa shape index (κ3) is 6.15. The van der Waals surface area contributed by atoms with Gasteiger partial charge >= 0.3 is 12.2 Å². The lowest BCUT2D eigenvalue weighted by Crippen LogP contribution is -2.43. The van der Waals surface area contributed by atoms with Crippen LogP contribution in [0.5, 0.6) is 0 Å². The summed E-state index contributed by atoms with van der Waals surface area (Å²) in [5.74, 6) is 0.658. The van der Waals surface area contributed by atoms with Crippen molar-refractivity contribution in [2.75, 3.05) is 28.2 Å². The van der Waals surface area contributed by atoms with Gasteiger partial charge in [0.2, 0.25) is 0 Å². The van der Waals surface area contributed by atoms with Crippen LogP contribution in [-0.2, 0) is 11.0 Å². The fraction of sp³-hybridized carbons (Fsp3) is 0.207. The number of halogens is 3. The highest BCUT2D eigenvalue weighted by Gasteiger charge is 2.37. The van der Waals surface area contributed by atoms with Gasteiger partial charge in [-0.15, -0.1) is 0 Å². The number of hydrogen-bond donors (Lipinski definition) is 3. The maximum atomic E-state index is 13.6. The molecule has 0 bridgehead atoms. The van der Waals surface area contributed by atoms with Gasteiger partial charge in [-0.2, -0.15) is 13.2 Å². The average Bonchev–Trinajstić information content (AvgIpc) is 2.92. The Morgan fingerprint density at radius 2 is 1.57 bits per heavy atom. The molecule has 0 radical (unpaired) electrons. The number of anilines is 3. The Labute approximate surface area is 233 Å². The molecule has 0 saturated carbocycles. The van der Waals surface area contributed by atoms with Crippen LogP contribution in [0, 0.1) is 0 Å². The number of rotatable bonds is 5. The second-order valence-corrected chi connectivity index (χ2v) is 10.4. The maximum absolute atomic E-state index is 13.6. The van der Waals surface area contributed by atoms with E-state index in [9.17, 15) is 22.8 Å². The lowest BCUT2D eigenvalue weighted by Gasteiger charge is -2.41. The van der Waals surface area contributed by atoms with E-state index >= 15 is 0 Å². The van der Waals surface area contributed by atoms with Crippen LogP contribution < -0.4 is 16.0 Å². The SMILES string of the molecule is CC1=C(C(=O)Nc2ccccc2)C(c2cccc(NC(=O)Nc3cccc(C(F)(F)F)c3)c2)N2CCCSC2=N1. The van der Waals surface area contributed by atoms with Crippen LogP contribution >= 0.6 is 11.8 Å². The summed E-state index contributed by atoms with van der Waals surface area (Å²) in [4.78, 5) is 33.1. The molecule has 2 heterocycles. The second kappa shape index (κ2) is 11.5. The Bertz CT molecular complexity index is 1490. The number of nitrogens with one attached hydrogen (secondary N) is 3. The molecule has 3 aromatic carbocycles. The Balaban J connectivity index is 1.40. The normalized spacial score (nSPS) is 17.1. The van der Waals surface area contributed by atoms with Crippen LogP contribution in [0.2, 0.25) is 0 Å². The highest BCUT2D eigenvalue weighted by molar-refractivity contribution is 8.13. The first-order valence-electron chi connectivity index (χ1n) is 12.6. The van der Waals surface area contributed by atoms with Crippen LogP contribution in [0.15, 0.2) is 95.1 Å². The molecule has 2 aliphatic heterocycles. The van der Waals surface area contributed by atoms with Gasteiger partial charge < -0.3 is 20.9 Å². The predicted octanol–water partition coefficient (Wildman–Crippen LogP) is 7.11. The summed E-state index contributed by atoms with van der Waals surface area (Å²) in [5, 5.41) is 8.95. The summed E-state index contributed by atoms with van der Waals surface area (Å²) in [7, 11) is 0. The van der Waals surface area contributed by atoms with Gasteiger partial charge in [0.25, 0.3) is 5.91 Å². The molecule has 11 heteroatoms. The monoisotopic (exact) mass is 565 g/mol. The predicted molar refractivity (Wildman–Crippen MR) is 152 cm³/mol. The number of thioether (sulfide) groups is 1. The number of fused-ring (bicyclic) bond motifs is 1. The Morgan fingerprint density at radius 1 is 0.900 bits per heavy atom. The number of carbonyl (C=O) groups excluding carboxylic acids is 2. The van der Waals surface area contributed by atoms with Gasteiger partial charge in [-0.25, -0.2) is 9.79 Å². The Hall–Kier alpha value is -4.25. The number of nitrogens with zero attached hydrogens (tertiary/aromatic N) is 2.